The molecule has 7 heteroatoms. The number of carbonyl (C=O) groups excluding carboxylic acids is 2. The van der Waals surface area contributed by atoms with E-state index in [9.17, 15) is 14.0 Å². The van der Waals surface area contributed by atoms with E-state index in [-0.39, 0.29) is 17.4 Å². The first kappa shape index (κ1) is 19.3. The second-order valence-electron chi connectivity index (χ2n) is 6.95. The molecule has 5 nitrogen and oxygen atoms in total. The topological polar surface area (TPSA) is 62.3 Å². The van der Waals surface area contributed by atoms with Gasteiger partial charge in [-0.1, -0.05) is 18.2 Å². The number of nitrogens with one attached hydrogen (secondary N) is 1. The molecule has 0 atom stereocenters. The van der Waals surface area contributed by atoms with Gasteiger partial charge in [0.1, 0.15) is 16.5 Å². The molecule has 0 radical (unpaired) electrons. The van der Waals surface area contributed by atoms with E-state index in [1.807, 2.05) is 11.8 Å². The molecule has 0 bridgehead atoms. The first-order valence-corrected chi connectivity index (χ1v) is 10.3. The summed E-state index contributed by atoms with van der Waals surface area (Å²) in [7, 11) is 0. The number of benzene rings is 2. The van der Waals surface area contributed by atoms with Gasteiger partial charge in [0.25, 0.3) is 11.8 Å². The maximum Gasteiger partial charge on any atom is 0.275 e. The van der Waals surface area contributed by atoms with Crippen molar-refractivity contribution in [3.8, 4) is 10.6 Å². The van der Waals surface area contributed by atoms with E-state index in [4.69, 9.17) is 0 Å². The third-order valence-electron chi connectivity index (χ3n) is 5.05. The lowest BCUT2D eigenvalue weighted by atomic mass is 10.1. The summed E-state index contributed by atoms with van der Waals surface area (Å²) in [6.45, 7) is 3.36. The summed E-state index contributed by atoms with van der Waals surface area (Å²) in [5.41, 5.74) is 2.47. The van der Waals surface area contributed by atoms with Gasteiger partial charge in [-0.15, -0.1) is 11.3 Å². The van der Waals surface area contributed by atoms with Gasteiger partial charge < -0.3 is 10.2 Å². The lowest BCUT2D eigenvalue weighted by Crippen LogP contribution is -2.28. The van der Waals surface area contributed by atoms with Crippen LogP contribution in [-0.4, -0.2) is 34.8 Å². The van der Waals surface area contributed by atoms with Crippen LogP contribution in [0, 0.1) is 12.7 Å². The second-order valence-corrected chi connectivity index (χ2v) is 7.81. The van der Waals surface area contributed by atoms with Crippen molar-refractivity contribution >= 4 is 28.8 Å². The lowest BCUT2D eigenvalue weighted by Gasteiger charge is -2.18. The molecule has 1 aliphatic rings. The molecule has 2 aromatic carbocycles. The minimum atomic E-state index is -0.391. The highest BCUT2D eigenvalue weighted by atomic mass is 32.1. The molecule has 0 unspecified atom stereocenters. The molecule has 1 saturated heterocycles. The van der Waals surface area contributed by atoms with Crippen LogP contribution in [0.4, 0.5) is 10.1 Å². The number of nitrogens with zero attached hydrogens (tertiary/aromatic N) is 2. The van der Waals surface area contributed by atoms with Crippen molar-refractivity contribution in [3.63, 3.8) is 0 Å². The fourth-order valence-electron chi connectivity index (χ4n) is 3.42. The Hall–Kier alpha value is -3.06. The van der Waals surface area contributed by atoms with E-state index in [0.29, 0.717) is 21.8 Å². The Kier molecular flexibility index (Phi) is 5.40. The highest BCUT2D eigenvalue weighted by Crippen LogP contribution is 2.27. The van der Waals surface area contributed by atoms with Crippen molar-refractivity contribution in [3.05, 3.63) is 70.5 Å². The third kappa shape index (κ3) is 3.91. The summed E-state index contributed by atoms with van der Waals surface area (Å²) in [6.07, 6.45) is 2.05. The van der Waals surface area contributed by atoms with Crippen molar-refractivity contribution in [1.82, 2.24) is 9.88 Å². The highest BCUT2D eigenvalue weighted by Gasteiger charge is 2.22. The Bertz CT molecular complexity index is 1070. The fourth-order valence-corrected chi connectivity index (χ4v) is 4.24. The van der Waals surface area contributed by atoms with Crippen molar-refractivity contribution in [2.45, 2.75) is 19.8 Å². The summed E-state index contributed by atoms with van der Waals surface area (Å²) in [5, 5.41) is 4.88. The van der Waals surface area contributed by atoms with Gasteiger partial charge in [0.2, 0.25) is 0 Å². The third-order valence-corrected chi connectivity index (χ3v) is 5.92. The zero-order chi connectivity index (χ0) is 20.4. The predicted octanol–water partition coefficient (Wildman–Crippen LogP) is 4.75. The van der Waals surface area contributed by atoms with Crippen LogP contribution in [0.25, 0.3) is 10.6 Å². The Morgan fingerprint density at radius 1 is 1.10 bits per heavy atom. The summed E-state index contributed by atoms with van der Waals surface area (Å²) < 4.78 is 14.0. The standard InChI is InChI=1S/C22H20FN3O2S/c1-14-15(22(28)26-11-4-5-12-26)8-6-10-18(14)24-20(27)19-13-29-21(25-19)16-7-2-3-9-17(16)23/h2-3,6-10,13H,4-5,11-12H2,1H3,(H,24,27). The van der Waals surface area contributed by atoms with Gasteiger partial charge in [0, 0.05) is 35.3 Å². The molecule has 1 fully saturated rings. The van der Waals surface area contributed by atoms with E-state index in [2.05, 4.69) is 10.3 Å². The van der Waals surface area contributed by atoms with E-state index >= 15 is 0 Å². The fraction of sp³-hybridized carbons (Fsp3) is 0.227. The van der Waals surface area contributed by atoms with Crippen molar-refractivity contribution in [2.75, 3.05) is 18.4 Å². The first-order chi connectivity index (χ1) is 14.0. The zero-order valence-corrected chi connectivity index (χ0v) is 16.8. The predicted molar refractivity (Wildman–Crippen MR) is 112 cm³/mol. The Labute approximate surface area is 172 Å². The average molecular weight is 409 g/mol. The summed E-state index contributed by atoms with van der Waals surface area (Å²) >= 11 is 1.21. The molecule has 2 amide bonds. The molecule has 0 aliphatic carbocycles. The molecule has 0 saturated carbocycles. The first-order valence-electron chi connectivity index (χ1n) is 9.45. The van der Waals surface area contributed by atoms with Crippen LogP contribution in [0.15, 0.2) is 47.8 Å². The summed E-state index contributed by atoms with van der Waals surface area (Å²) in [4.78, 5) is 31.5. The van der Waals surface area contributed by atoms with Gasteiger partial charge in [0.15, 0.2) is 0 Å². The van der Waals surface area contributed by atoms with Gasteiger partial charge >= 0.3 is 0 Å². The van der Waals surface area contributed by atoms with Crippen LogP contribution >= 0.6 is 11.3 Å². The van der Waals surface area contributed by atoms with E-state index in [1.54, 1.807) is 41.8 Å². The number of halogens is 1. The molecule has 1 N–H and O–H groups in total. The van der Waals surface area contributed by atoms with Crippen LogP contribution in [0.2, 0.25) is 0 Å². The van der Waals surface area contributed by atoms with Gasteiger partial charge in [-0.3, -0.25) is 9.59 Å². The van der Waals surface area contributed by atoms with Crippen LogP contribution in [-0.2, 0) is 0 Å². The number of likely N-dealkylation sites (tertiary alicyclic amines) is 1. The van der Waals surface area contributed by atoms with Crippen LogP contribution < -0.4 is 5.32 Å². The number of carbonyl (C=O) groups is 2. The highest BCUT2D eigenvalue weighted by molar-refractivity contribution is 7.13. The molecule has 1 aromatic heterocycles. The number of thiazole rings is 1. The van der Waals surface area contributed by atoms with Gasteiger partial charge in [-0.05, 0) is 49.6 Å². The Morgan fingerprint density at radius 3 is 2.62 bits per heavy atom. The van der Waals surface area contributed by atoms with Crippen molar-refractivity contribution in [1.29, 1.82) is 0 Å². The van der Waals surface area contributed by atoms with Gasteiger partial charge in [-0.2, -0.15) is 0 Å². The Balaban J connectivity index is 1.54. The molecular weight excluding hydrogens is 389 g/mol. The monoisotopic (exact) mass is 409 g/mol. The number of anilines is 1. The normalized spacial score (nSPS) is 13.5. The zero-order valence-electron chi connectivity index (χ0n) is 15.9. The minimum Gasteiger partial charge on any atom is -0.339 e. The van der Waals surface area contributed by atoms with E-state index in [0.717, 1.165) is 31.5 Å². The van der Waals surface area contributed by atoms with Crippen LogP contribution in [0.3, 0.4) is 0 Å². The van der Waals surface area contributed by atoms with Crippen LogP contribution in [0.1, 0.15) is 39.3 Å². The second kappa shape index (κ2) is 8.13. The summed E-state index contributed by atoms with van der Waals surface area (Å²) in [5.74, 6) is -0.776. The molecule has 148 valence electrons. The molecule has 4 rings (SSSR count). The molecule has 1 aliphatic heterocycles. The molecule has 2 heterocycles. The van der Waals surface area contributed by atoms with Crippen molar-refractivity contribution < 1.29 is 14.0 Å². The molecular formula is C22H20FN3O2S. The summed E-state index contributed by atoms with van der Waals surface area (Å²) in [6, 6.07) is 11.6. The molecule has 0 spiro atoms. The van der Waals surface area contributed by atoms with Gasteiger partial charge in [-0.25, -0.2) is 9.37 Å². The maximum absolute atomic E-state index is 14.0. The maximum atomic E-state index is 14.0. The van der Waals surface area contributed by atoms with Gasteiger partial charge in [0.05, 0.1) is 0 Å². The van der Waals surface area contributed by atoms with E-state index in [1.165, 1.54) is 17.4 Å². The van der Waals surface area contributed by atoms with E-state index < -0.39 is 5.91 Å². The number of aromatic nitrogens is 1. The quantitative estimate of drug-likeness (QED) is 0.677. The average Bonchev–Trinajstić information content (AvgIpc) is 3.42. The largest absolute Gasteiger partial charge is 0.339 e. The van der Waals surface area contributed by atoms with Crippen LogP contribution in [0.5, 0.6) is 0 Å². The number of amides is 2. The molecule has 3 aromatic rings. The Morgan fingerprint density at radius 2 is 1.86 bits per heavy atom. The minimum absolute atomic E-state index is 0.00778. The van der Waals surface area contributed by atoms with Crippen molar-refractivity contribution in [2.24, 2.45) is 0 Å². The number of hydrogen-bond acceptors (Lipinski definition) is 4. The smallest absolute Gasteiger partial charge is 0.275 e. The number of hydrogen-bond donors (Lipinski definition) is 1. The number of rotatable bonds is 4. The lowest BCUT2D eigenvalue weighted by molar-refractivity contribution is 0.0791. The molecule has 29 heavy (non-hydrogen) atoms. The SMILES string of the molecule is Cc1c(NC(=O)c2csc(-c3ccccc3F)n2)cccc1C(=O)N1CCCC1.